The van der Waals surface area contributed by atoms with Gasteiger partial charge in [0.15, 0.2) is 6.61 Å². The third-order valence-corrected chi connectivity index (χ3v) is 4.14. The minimum absolute atomic E-state index is 0.00992. The van der Waals surface area contributed by atoms with Crippen LogP contribution in [0.4, 0.5) is 0 Å². The number of amides is 1. The van der Waals surface area contributed by atoms with Gasteiger partial charge in [-0.05, 0) is 54.8 Å². The average molecular weight is 346 g/mol. The first-order valence-electron chi connectivity index (χ1n) is 8.02. The maximum absolute atomic E-state index is 12.0. The lowest BCUT2D eigenvalue weighted by molar-refractivity contribution is -0.123. The molecule has 3 rings (SSSR count). The van der Waals surface area contributed by atoms with Crippen LogP contribution < -0.4 is 14.8 Å². The Morgan fingerprint density at radius 2 is 2.08 bits per heavy atom. The van der Waals surface area contributed by atoms with E-state index in [1.807, 2.05) is 13.0 Å². The number of fused-ring (bicyclic) bond motifs is 1. The molecule has 0 radical (unpaired) electrons. The average Bonchev–Trinajstić information content (AvgIpc) is 3.02. The summed E-state index contributed by atoms with van der Waals surface area (Å²) in [5, 5.41) is 3.60. The topological polar surface area (TPSA) is 47.6 Å². The zero-order valence-corrected chi connectivity index (χ0v) is 14.3. The summed E-state index contributed by atoms with van der Waals surface area (Å²) in [7, 11) is 0. The molecule has 2 aromatic rings. The summed E-state index contributed by atoms with van der Waals surface area (Å²) >= 11 is 5.81. The Labute approximate surface area is 146 Å². The van der Waals surface area contributed by atoms with Crippen LogP contribution in [0.3, 0.4) is 0 Å². The summed E-state index contributed by atoms with van der Waals surface area (Å²) in [6.07, 6.45) is 1.73. The molecule has 1 heterocycles. The smallest absolute Gasteiger partial charge is 0.258 e. The van der Waals surface area contributed by atoms with Crippen molar-refractivity contribution in [3.05, 3.63) is 58.6 Å². The Kier molecular flexibility index (Phi) is 5.26. The normalized spacial score (nSPS) is 13.8. The van der Waals surface area contributed by atoms with Crippen molar-refractivity contribution in [1.29, 1.82) is 0 Å². The lowest BCUT2D eigenvalue weighted by Gasteiger charge is -2.15. The van der Waals surface area contributed by atoms with E-state index in [0.29, 0.717) is 10.8 Å². The molecular weight excluding hydrogens is 326 g/mol. The molecule has 2 aromatic carbocycles. The molecule has 1 N–H and O–H groups in total. The van der Waals surface area contributed by atoms with Gasteiger partial charge < -0.3 is 14.8 Å². The molecule has 126 valence electrons. The van der Waals surface area contributed by atoms with Gasteiger partial charge in [0, 0.05) is 17.5 Å². The summed E-state index contributed by atoms with van der Waals surface area (Å²) < 4.78 is 11.0. The number of benzene rings is 2. The number of nitrogens with one attached hydrogen (secondary N) is 1. The Balaban J connectivity index is 1.46. The third-order valence-electron chi connectivity index (χ3n) is 3.89. The molecule has 0 aromatic heterocycles. The van der Waals surface area contributed by atoms with E-state index in [1.165, 1.54) is 11.1 Å². The molecule has 1 aliphatic heterocycles. The van der Waals surface area contributed by atoms with Gasteiger partial charge in [0.05, 0.1) is 6.61 Å². The highest BCUT2D eigenvalue weighted by molar-refractivity contribution is 6.30. The van der Waals surface area contributed by atoms with E-state index < -0.39 is 0 Å². The summed E-state index contributed by atoms with van der Waals surface area (Å²) in [5.74, 6) is 1.47. The predicted octanol–water partition coefficient (Wildman–Crippen LogP) is 3.40. The lowest BCUT2D eigenvalue weighted by Crippen LogP contribution is -2.37. The van der Waals surface area contributed by atoms with Gasteiger partial charge in [0.25, 0.3) is 5.91 Å². The van der Waals surface area contributed by atoms with Crippen molar-refractivity contribution in [3.63, 3.8) is 0 Å². The van der Waals surface area contributed by atoms with Crippen molar-refractivity contribution >= 4 is 17.5 Å². The maximum atomic E-state index is 12.0. The summed E-state index contributed by atoms with van der Waals surface area (Å²) in [6, 6.07) is 13.2. The first kappa shape index (κ1) is 16.7. The zero-order chi connectivity index (χ0) is 16.9. The van der Waals surface area contributed by atoms with Gasteiger partial charge >= 0.3 is 0 Å². The van der Waals surface area contributed by atoms with Crippen LogP contribution in [0.5, 0.6) is 11.5 Å². The van der Waals surface area contributed by atoms with E-state index in [-0.39, 0.29) is 18.6 Å². The van der Waals surface area contributed by atoms with E-state index in [1.54, 1.807) is 24.3 Å². The van der Waals surface area contributed by atoms with Gasteiger partial charge in [-0.1, -0.05) is 23.7 Å². The fraction of sp³-hybridized carbons (Fsp3) is 0.316. The predicted molar refractivity (Wildman–Crippen MR) is 93.9 cm³/mol. The molecule has 0 fully saturated rings. The Bertz CT molecular complexity index is 715. The number of ether oxygens (including phenoxy) is 2. The summed E-state index contributed by atoms with van der Waals surface area (Å²) in [5.41, 5.74) is 2.45. The molecule has 1 unspecified atom stereocenters. The molecule has 0 saturated carbocycles. The van der Waals surface area contributed by atoms with Crippen LogP contribution in [0.1, 0.15) is 18.1 Å². The zero-order valence-electron chi connectivity index (χ0n) is 13.5. The van der Waals surface area contributed by atoms with Gasteiger partial charge in [0.1, 0.15) is 11.5 Å². The van der Waals surface area contributed by atoms with Crippen molar-refractivity contribution in [2.75, 3.05) is 13.2 Å². The fourth-order valence-corrected chi connectivity index (χ4v) is 2.89. The van der Waals surface area contributed by atoms with Crippen LogP contribution in [-0.2, 0) is 17.6 Å². The van der Waals surface area contributed by atoms with Gasteiger partial charge in [-0.3, -0.25) is 4.79 Å². The van der Waals surface area contributed by atoms with Crippen LogP contribution in [0.25, 0.3) is 0 Å². The van der Waals surface area contributed by atoms with Crippen molar-refractivity contribution in [1.82, 2.24) is 5.32 Å². The molecule has 1 aliphatic rings. The monoisotopic (exact) mass is 345 g/mol. The number of hydrogen-bond donors (Lipinski definition) is 1. The number of carbonyl (C=O) groups excluding carboxylic acids is 1. The number of hydrogen-bond acceptors (Lipinski definition) is 3. The van der Waals surface area contributed by atoms with Crippen LogP contribution in [0.15, 0.2) is 42.5 Å². The highest BCUT2D eigenvalue weighted by Crippen LogP contribution is 2.26. The molecular formula is C19H20ClNO3. The van der Waals surface area contributed by atoms with E-state index in [4.69, 9.17) is 21.1 Å². The second-order valence-corrected chi connectivity index (χ2v) is 6.39. The van der Waals surface area contributed by atoms with Crippen molar-refractivity contribution < 1.29 is 14.3 Å². The van der Waals surface area contributed by atoms with Crippen molar-refractivity contribution in [2.24, 2.45) is 0 Å². The number of rotatable bonds is 6. The second-order valence-electron chi connectivity index (χ2n) is 5.96. The minimum Gasteiger partial charge on any atom is -0.493 e. The Morgan fingerprint density at radius 1 is 1.29 bits per heavy atom. The van der Waals surface area contributed by atoms with Gasteiger partial charge in [-0.25, -0.2) is 0 Å². The second kappa shape index (κ2) is 7.58. The Hall–Kier alpha value is -2.20. The standard InChI is InChI=1S/C19H20ClNO3/c1-13(10-14-2-7-18-15(11-14)8-9-23-18)21-19(22)12-24-17-5-3-16(20)4-6-17/h2-7,11,13H,8-10,12H2,1H3,(H,21,22). The molecule has 0 aliphatic carbocycles. The first-order chi connectivity index (χ1) is 11.6. The maximum Gasteiger partial charge on any atom is 0.258 e. The molecule has 1 atom stereocenters. The van der Waals surface area contributed by atoms with Gasteiger partial charge in [-0.15, -0.1) is 0 Å². The molecule has 5 heteroatoms. The Morgan fingerprint density at radius 3 is 2.88 bits per heavy atom. The highest BCUT2D eigenvalue weighted by atomic mass is 35.5. The van der Waals surface area contributed by atoms with E-state index in [9.17, 15) is 4.79 Å². The van der Waals surface area contributed by atoms with Crippen molar-refractivity contribution in [3.8, 4) is 11.5 Å². The summed E-state index contributed by atoms with van der Waals surface area (Å²) in [4.78, 5) is 12.0. The molecule has 1 amide bonds. The molecule has 24 heavy (non-hydrogen) atoms. The third kappa shape index (κ3) is 4.42. The van der Waals surface area contributed by atoms with Gasteiger partial charge in [-0.2, -0.15) is 0 Å². The quantitative estimate of drug-likeness (QED) is 0.872. The van der Waals surface area contributed by atoms with E-state index in [0.717, 1.165) is 25.2 Å². The fourth-order valence-electron chi connectivity index (χ4n) is 2.77. The number of carbonyl (C=O) groups is 1. The lowest BCUT2D eigenvalue weighted by atomic mass is 10.0. The molecule has 0 bridgehead atoms. The van der Waals surface area contributed by atoms with E-state index >= 15 is 0 Å². The van der Waals surface area contributed by atoms with E-state index in [2.05, 4.69) is 17.4 Å². The summed E-state index contributed by atoms with van der Waals surface area (Å²) in [6.45, 7) is 2.74. The van der Waals surface area contributed by atoms with Crippen LogP contribution in [0, 0.1) is 0 Å². The SMILES string of the molecule is CC(Cc1ccc2c(c1)CCO2)NC(=O)COc1ccc(Cl)cc1. The number of halogens is 1. The van der Waals surface area contributed by atoms with Crippen LogP contribution >= 0.6 is 11.6 Å². The van der Waals surface area contributed by atoms with Gasteiger partial charge in [0.2, 0.25) is 0 Å². The van der Waals surface area contributed by atoms with Crippen LogP contribution in [-0.4, -0.2) is 25.2 Å². The molecule has 0 saturated heterocycles. The largest absolute Gasteiger partial charge is 0.493 e. The molecule has 4 nitrogen and oxygen atoms in total. The minimum atomic E-state index is -0.137. The molecule has 0 spiro atoms. The van der Waals surface area contributed by atoms with Crippen LogP contribution in [0.2, 0.25) is 5.02 Å². The van der Waals surface area contributed by atoms with Crippen molar-refractivity contribution in [2.45, 2.75) is 25.8 Å². The highest BCUT2D eigenvalue weighted by Gasteiger charge is 2.14. The first-order valence-corrected chi connectivity index (χ1v) is 8.40.